The molecule has 1 aromatic carbocycles. The molecule has 0 saturated heterocycles. The molecular weight excluding hydrogens is 473 g/mol. The zero-order valence-electron chi connectivity index (χ0n) is 17.4. The lowest BCUT2D eigenvalue weighted by Crippen LogP contribution is -2.38. The monoisotopic (exact) mass is 493 g/mol. The molecule has 2 N–H and O–H groups in total. The maximum atomic E-state index is 13.2. The first kappa shape index (κ1) is 23.8. The Morgan fingerprint density at radius 2 is 1.91 bits per heavy atom. The number of carbonyl (C=O) groups is 3. The Morgan fingerprint density at radius 1 is 1.12 bits per heavy atom. The van der Waals surface area contributed by atoms with E-state index in [0.29, 0.717) is 44.1 Å². The van der Waals surface area contributed by atoms with Gasteiger partial charge in [-0.05, 0) is 55.3 Å². The fourth-order valence-electron chi connectivity index (χ4n) is 2.96. The zero-order chi connectivity index (χ0) is 23.3. The van der Waals surface area contributed by atoms with Gasteiger partial charge in [-0.1, -0.05) is 30.1 Å². The normalized spacial score (nSPS) is 10.6. The number of amides is 3. The number of carbonyl (C=O) groups excluding carboxylic acids is 3. The van der Waals surface area contributed by atoms with Gasteiger partial charge < -0.3 is 20.0 Å². The fraction of sp³-hybridized carbons (Fsp3) is 0.227. The molecule has 3 amide bonds. The molecule has 2 aromatic heterocycles. The lowest BCUT2D eigenvalue weighted by atomic mass is 10.2. The molecule has 0 fully saturated rings. The Balaban J connectivity index is 1.71. The summed E-state index contributed by atoms with van der Waals surface area (Å²) >= 11 is 13.2. The molecule has 3 aromatic rings. The number of thiophene rings is 1. The highest BCUT2D eigenvalue weighted by atomic mass is 35.5. The minimum atomic E-state index is -0.404. The van der Waals surface area contributed by atoms with Crippen molar-refractivity contribution in [3.05, 3.63) is 68.9 Å². The minimum Gasteiger partial charge on any atom is -0.459 e. The molecule has 0 unspecified atom stereocenters. The number of nitrogens with one attached hydrogen (secondary N) is 2. The summed E-state index contributed by atoms with van der Waals surface area (Å²) in [5.74, 6) is -0.914. The van der Waals surface area contributed by atoms with Crippen molar-refractivity contribution < 1.29 is 18.8 Å². The fourth-order valence-corrected chi connectivity index (χ4v) is 4.33. The van der Waals surface area contributed by atoms with Gasteiger partial charge in [-0.2, -0.15) is 0 Å². The summed E-state index contributed by atoms with van der Waals surface area (Å²) in [4.78, 5) is 39.9. The van der Waals surface area contributed by atoms with E-state index in [-0.39, 0.29) is 18.2 Å². The zero-order valence-corrected chi connectivity index (χ0v) is 19.7. The molecule has 0 saturated carbocycles. The van der Waals surface area contributed by atoms with Crippen molar-refractivity contribution in [2.24, 2.45) is 0 Å². The second-order valence-corrected chi connectivity index (χ2v) is 8.85. The second-order valence-electron chi connectivity index (χ2n) is 6.95. The number of hydrogen-bond donors (Lipinski definition) is 2. The summed E-state index contributed by atoms with van der Waals surface area (Å²) in [6.45, 7) is 3.94. The number of hydrogen-bond acceptors (Lipinski definition) is 5. The van der Waals surface area contributed by atoms with Crippen LogP contribution in [-0.2, 0) is 4.79 Å². The SMILES string of the molecule is CCCN(CC(=O)Nc1cc(Cl)ccc1Cl)C(=O)c1sc(NC(=O)c2ccco2)cc1C. The van der Waals surface area contributed by atoms with E-state index in [2.05, 4.69) is 10.6 Å². The van der Waals surface area contributed by atoms with E-state index in [4.69, 9.17) is 27.6 Å². The van der Waals surface area contributed by atoms with E-state index in [1.165, 1.54) is 11.2 Å². The van der Waals surface area contributed by atoms with Crippen molar-refractivity contribution in [3.8, 4) is 0 Å². The lowest BCUT2D eigenvalue weighted by molar-refractivity contribution is -0.116. The average Bonchev–Trinajstić information content (AvgIpc) is 3.40. The Morgan fingerprint density at radius 3 is 2.59 bits per heavy atom. The van der Waals surface area contributed by atoms with Gasteiger partial charge in [-0.3, -0.25) is 14.4 Å². The van der Waals surface area contributed by atoms with E-state index in [0.717, 1.165) is 11.3 Å². The van der Waals surface area contributed by atoms with Gasteiger partial charge in [0.2, 0.25) is 5.91 Å². The second kappa shape index (κ2) is 10.7. The van der Waals surface area contributed by atoms with Gasteiger partial charge in [0.05, 0.1) is 26.9 Å². The lowest BCUT2D eigenvalue weighted by Gasteiger charge is -2.21. The highest BCUT2D eigenvalue weighted by molar-refractivity contribution is 7.18. The van der Waals surface area contributed by atoms with Crippen LogP contribution in [0.5, 0.6) is 0 Å². The largest absolute Gasteiger partial charge is 0.459 e. The molecule has 0 atom stereocenters. The molecule has 3 rings (SSSR count). The van der Waals surface area contributed by atoms with Crippen LogP contribution in [0.15, 0.2) is 47.1 Å². The van der Waals surface area contributed by atoms with E-state index >= 15 is 0 Å². The van der Waals surface area contributed by atoms with Crippen LogP contribution in [0.25, 0.3) is 0 Å². The number of nitrogens with zero attached hydrogens (tertiary/aromatic N) is 1. The van der Waals surface area contributed by atoms with Crippen molar-refractivity contribution in [1.82, 2.24) is 4.90 Å². The third-order valence-electron chi connectivity index (χ3n) is 4.41. The summed E-state index contributed by atoms with van der Waals surface area (Å²) in [7, 11) is 0. The molecule has 2 heterocycles. The molecule has 0 radical (unpaired) electrons. The highest BCUT2D eigenvalue weighted by Crippen LogP contribution is 2.29. The number of rotatable bonds is 8. The molecule has 32 heavy (non-hydrogen) atoms. The van der Waals surface area contributed by atoms with Crippen LogP contribution in [-0.4, -0.2) is 35.7 Å². The van der Waals surface area contributed by atoms with Crippen LogP contribution in [0, 0.1) is 6.92 Å². The maximum Gasteiger partial charge on any atom is 0.291 e. The smallest absolute Gasteiger partial charge is 0.291 e. The van der Waals surface area contributed by atoms with Crippen LogP contribution in [0.3, 0.4) is 0 Å². The van der Waals surface area contributed by atoms with E-state index in [1.54, 1.807) is 43.3 Å². The van der Waals surface area contributed by atoms with Crippen molar-refractivity contribution in [1.29, 1.82) is 0 Å². The predicted molar refractivity (Wildman–Crippen MR) is 127 cm³/mol. The Kier molecular flexibility index (Phi) is 7.95. The Hall–Kier alpha value is -2.81. The quantitative estimate of drug-likeness (QED) is 0.420. The first-order valence-corrected chi connectivity index (χ1v) is 11.3. The minimum absolute atomic E-state index is 0.152. The summed E-state index contributed by atoms with van der Waals surface area (Å²) in [6.07, 6.45) is 2.08. The molecule has 168 valence electrons. The first-order chi connectivity index (χ1) is 15.3. The van der Waals surface area contributed by atoms with Crippen LogP contribution >= 0.6 is 34.5 Å². The topological polar surface area (TPSA) is 91.7 Å². The predicted octanol–water partition coefficient (Wildman–Crippen LogP) is 5.70. The molecule has 0 bridgehead atoms. The molecule has 10 heteroatoms. The third kappa shape index (κ3) is 5.91. The number of anilines is 2. The summed E-state index contributed by atoms with van der Waals surface area (Å²) in [5, 5.41) is 6.72. The van der Waals surface area contributed by atoms with Crippen LogP contribution in [0.2, 0.25) is 10.0 Å². The van der Waals surface area contributed by atoms with Crippen molar-refractivity contribution >= 4 is 62.9 Å². The molecular formula is C22H21Cl2N3O4S. The van der Waals surface area contributed by atoms with Gasteiger partial charge in [-0.15, -0.1) is 11.3 Å². The molecule has 7 nitrogen and oxygen atoms in total. The first-order valence-electron chi connectivity index (χ1n) is 9.78. The number of benzene rings is 1. The Bertz CT molecular complexity index is 1130. The van der Waals surface area contributed by atoms with Gasteiger partial charge in [0.25, 0.3) is 11.8 Å². The highest BCUT2D eigenvalue weighted by Gasteiger charge is 2.23. The van der Waals surface area contributed by atoms with Crippen LogP contribution < -0.4 is 10.6 Å². The average molecular weight is 494 g/mol. The van der Waals surface area contributed by atoms with Gasteiger partial charge in [0.15, 0.2) is 5.76 Å². The number of aryl methyl sites for hydroxylation is 1. The van der Waals surface area contributed by atoms with Crippen LogP contribution in [0.1, 0.15) is 39.1 Å². The number of halogens is 2. The van der Waals surface area contributed by atoms with E-state index < -0.39 is 11.8 Å². The number of furan rings is 1. The van der Waals surface area contributed by atoms with Gasteiger partial charge in [0.1, 0.15) is 6.54 Å². The molecule has 0 aliphatic heterocycles. The molecule has 0 aliphatic carbocycles. The maximum absolute atomic E-state index is 13.2. The van der Waals surface area contributed by atoms with Crippen molar-refractivity contribution in [3.63, 3.8) is 0 Å². The third-order valence-corrected chi connectivity index (χ3v) is 6.12. The van der Waals surface area contributed by atoms with Crippen molar-refractivity contribution in [2.75, 3.05) is 23.7 Å². The van der Waals surface area contributed by atoms with Crippen molar-refractivity contribution in [2.45, 2.75) is 20.3 Å². The summed E-state index contributed by atoms with van der Waals surface area (Å²) in [6, 6.07) is 9.64. The molecule has 0 spiro atoms. The van der Waals surface area contributed by atoms with E-state index in [1.807, 2.05) is 6.92 Å². The Labute approximate surface area is 199 Å². The van der Waals surface area contributed by atoms with E-state index in [9.17, 15) is 14.4 Å². The molecule has 0 aliphatic rings. The standard InChI is InChI=1S/C22H21Cl2N3O4S/c1-3-8-27(12-18(28)25-16-11-14(23)6-7-15(16)24)22(30)20-13(2)10-19(32-20)26-21(29)17-5-4-9-31-17/h4-7,9-11H,3,8,12H2,1-2H3,(H,25,28)(H,26,29). The van der Waals surface area contributed by atoms with Crippen LogP contribution in [0.4, 0.5) is 10.7 Å². The summed E-state index contributed by atoms with van der Waals surface area (Å²) in [5.41, 5.74) is 1.08. The summed E-state index contributed by atoms with van der Waals surface area (Å²) < 4.78 is 5.09. The van der Waals surface area contributed by atoms with Gasteiger partial charge >= 0.3 is 0 Å². The van der Waals surface area contributed by atoms with Gasteiger partial charge in [-0.25, -0.2) is 0 Å². The van der Waals surface area contributed by atoms with Gasteiger partial charge in [0, 0.05) is 11.6 Å².